The smallest absolute Gasteiger partial charge is 0.245 e. The summed E-state index contributed by atoms with van der Waals surface area (Å²) >= 11 is 0. The van der Waals surface area contributed by atoms with Gasteiger partial charge in [0.05, 0.1) is 0 Å². The third-order valence-corrected chi connectivity index (χ3v) is 6.02. The summed E-state index contributed by atoms with van der Waals surface area (Å²) in [5.41, 5.74) is 2.74. The van der Waals surface area contributed by atoms with Crippen molar-refractivity contribution in [3.63, 3.8) is 0 Å². The van der Waals surface area contributed by atoms with Gasteiger partial charge in [-0.3, -0.25) is 0 Å². The van der Waals surface area contributed by atoms with Crippen LogP contribution in [0.3, 0.4) is 0 Å². The zero-order valence-corrected chi connectivity index (χ0v) is 14.4. The van der Waals surface area contributed by atoms with Gasteiger partial charge < -0.3 is 9.42 Å². The van der Waals surface area contributed by atoms with Gasteiger partial charge in [0.15, 0.2) is 5.76 Å². The Labute approximate surface area is 136 Å². The highest BCUT2D eigenvalue weighted by Gasteiger charge is 2.28. The first kappa shape index (κ1) is 16.0. The molecule has 0 saturated heterocycles. The topological polar surface area (TPSA) is 75.4 Å². The van der Waals surface area contributed by atoms with Gasteiger partial charge in [-0.15, -0.1) is 0 Å². The molecule has 2 aromatic rings. The van der Waals surface area contributed by atoms with Gasteiger partial charge in [-0.25, -0.2) is 13.1 Å². The van der Waals surface area contributed by atoms with Crippen molar-refractivity contribution in [2.75, 3.05) is 25.0 Å². The maximum atomic E-state index is 12.5. The lowest BCUT2D eigenvalue weighted by molar-refractivity contribution is 0.390. The van der Waals surface area contributed by atoms with E-state index in [4.69, 9.17) is 4.52 Å². The van der Waals surface area contributed by atoms with Crippen LogP contribution in [0.2, 0.25) is 0 Å². The largest absolute Gasteiger partial charge is 0.374 e. The highest BCUT2D eigenvalue weighted by Crippen LogP contribution is 2.34. The molecule has 1 atom stereocenters. The Kier molecular flexibility index (Phi) is 4.16. The monoisotopic (exact) mass is 335 g/mol. The molecule has 1 aliphatic heterocycles. The summed E-state index contributed by atoms with van der Waals surface area (Å²) < 4.78 is 32.8. The highest BCUT2D eigenvalue weighted by molar-refractivity contribution is 7.89. The van der Waals surface area contributed by atoms with E-state index < -0.39 is 10.0 Å². The summed E-state index contributed by atoms with van der Waals surface area (Å²) in [6, 6.07) is 8.14. The summed E-state index contributed by atoms with van der Waals surface area (Å²) in [5, 5.41) is 3.72. The summed E-state index contributed by atoms with van der Waals surface area (Å²) in [6.07, 6.45) is 0.914. The number of benzene rings is 1. The van der Waals surface area contributed by atoms with E-state index in [9.17, 15) is 8.42 Å². The van der Waals surface area contributed by atoms with E-state index in [0.717, 1.165) is 13.0 Å². The lowest BCUT2D eigenvalue weighted by atomic mass is 9.90. The van der Waals surface area contributed by atoms with Crippen LogP contribution in [0.15, 0.2) is 33.7 Å². The van der Waals surface area contributed by atoms with Gasteiger partial charge >= 0.3 is 0 Å². The number of anilines is 1. The fourth-order valence-corrected chi connectivity index (χ4v) is 4.57. The Morgan fingerprint density at radius 2 is 2.09 bits per heavy atom. The number of nitrogens with zero attached hydrogens (tertiary/aromatic N) is 2. The molecule has 0 saturated carbocycles. The lowest BCUT2D eigenvalue weighted by Gasteiger charge is -2.33. The molecule has 1 N–H and O–H groups in total. The van der Waals surface area contributed by atoms with Crippen LogP contribution in [0, 0.1) is 13.8 Å². The number of aryl methyl sites for hydroxylation is 2. The quantitative estimate of drug-likeness (QED) is 0.927. The van der Waals surface area contributed by atoms with E-state index in [2.05, 4.69) is 34.0 Å². The minimum absolute atomic E-state index is 0.152. The molecule has 1 aromatic heterocycles. The number of aromatic nitrogens is 1. The molecule has 6 nitrogen and oxygen atoms in total. The van der Waals surface area contributed by atoms with Crippen LogP contribution in [-0.2, 0) is 10.0 Å². The molecule has 0 amide bonds. The molecule has 0 fully saturated rings. The first-order chi connectivity index (χ1) is 10.9. The molecule has 1 aliphatic rings. The molecular weight excluding hydrogens is 314 g/mol. The van der Waals surface area contributed by atoms with Gasteiger partial charge in [-0.2, -0.15) is 0 Å². The molecule has 7 heteroatoms. The molecule has 124 valence electrons. The number of nitrogens with one attached hydrogen (secondary N) is 1. The number of hydrogen-bond donors (Lipinski definition) is 1. The van der Waals surface area contributed by atoms with Crippen LogP contribution in [0.25, 0.3) is 0 Å². The van der Waals surface area contributed by atoms with Crippen LogP contribution in [0.5, 0.6) is 0 Å². The van der Waals surface area contributed by atoms with Gasteiger partial charge in [0.25, 0.3) is 0 Å². The first-order valence-electron chi connectivity index (χ1n) is 7.63. The minimum atomic E-state index is -3.61. The molecular formula is C16H21N3O3S. The van der Waals surface area contributed by atoms with Crippen LogP contribution in [0.4, 0.5) is 5.69 Å². The summed E-state index contributed by atoms with van der Waals surface area (Å²) in [4.78, 5) is 2.35. The number of rotatable bonds is 4. The molecule has 0 spiro atoms. The van der Waals surface area contributed by atoms with E-state index >= 15 is 0 Å². The van der Waals surface area contributed by atoms with Crippen LogP contribution in [-0.4, -0.2) is 33.7 Å². The van der Waals surface area contributed by atoms with Crippen molar-refractivity contribution in [2.24, 2.45) is 0 Å². The average molecular weight is 335 g/mol. The first-order valence-corrected chi connectivity index (χ1v) is 9.11. The zero-order valence-electron chi connectivity index (χ0n) is 13.5. The number of hydrogen-bond acceptors (Lipinski definition) is 5. The maximum Gasteiger partial charge on any atom is 0.245 e. The fraction of sp³-hybridized carbons (Fsp3) is 0.438. The lowest BCUT2D eigenvalue weighted by Crippen LogP contribution is -2.34. The Bertz CT molecular complexity index is 794. The molecule has 1 aromatic carbocycles. The molecule has 1 unspecified atom stereocenters. The normalized spacial score (nSPS) is 18.0. The van der Waals surface area contributed by atoms with Gasteiger partial charge in [-0.1, -0.05) is 23.4 Å². The van der Waals surface area contributed by atoms with E-state index in [1.54, 1.807) is 13.8 Å². The summed E-state index contributed by atoms with van der Waals surface area (Å²) in [5.74, 6) is 0.483. The molecule has 0 aliphatic carbocycles. The van der Waals surface area contributed by atoms with Crippen LogP contribution >= 0.6 is 0 Å². The second-order valence-electron chi connectivity index (χ2n) is 5.97. The van der Waals surface area contributed by atoms with E-state index in [0.29, 0.717) is 18.0 Å². The van der Waals surface area contributed by atoms with E-state index in [1.807, 2.05) is 12.1 Å². The zero-order chi connectivity index (χ0) is 16.6. The molecule has 23 heavy (non-hydrogen) atoms. The van der Waals surface area contributed by atoms with E-state index in [-0.39, 0.29) is 10.8 Å². The summed E-state index contributed by atoms with van der Waals surface area (Å²) in [6.45, 7) is 4.53. The number of sulfonamides is 1. The Morgan fingerprint density at radius 3 is 2.78 bits per heavy atom. The molecule has 0 radical (unpaired) electrons. The maximum absolute atomic E-state index is 12.5. The third kappa shape index (κ3) is 2.98. The van der Waals surface area contributed by atoms with Gasteiger partial charge in [0.2, 0.25) is 10.0 Å². The second kappa shape index (κ2) is 5.98. The number of para-hydroxylation sites is 1. The minimum Gasteiger partial charge on any atom is -0.374 e. The van der Waals surface area contributed by atoms with Gasteiger partial charge in [0.1, 0.15) is 10.6 Å². The van der Waals surface area contributed by atoms with Crippen LogP contribution in [0.1, 0.15) is 29.4 Å². The number of fused-ring (bicyclic) bond motifs is 1. The van der Waals surface area contributed by atoms with Crippen molar-refractivity contribution in [3.8, 4) is 0 Å². The molecule has 0 bridgehead atoms. The Morgan fingerprint density at radius 1 is 1.35 bits per heavy atom. The summed E-state index contributed by atoms with van der Waals surface area (Å²) in [7, 11) is -1.55. The van der Waals surface area contributed by atoms with Gasteiger partial charge in [-0.05, 0) is 31.9 Å². The average Bonchev–Trinajstić information content (AvgIpc) is 2.86. The highest BCUT2D eigenvalue weighted by atomic mass is 32.2. The van der Waals surface area contributed by atoms with Crippen molar-refractivity contribution < 1.29 is 12.9 Å². The van der Waals surface area contributed by atoms with Gasteiger partial charge in [0, 0.05) is 31.7 Å². The van der Waals surface area contributed by atoms with Crippen LogP contribution < -0.4 is 9.62 Å². The Hall–Kier alpha value is -1.86. The SMILES string of the molecule is Cc1noc(C)c1S(=O)(=O)NCC1CCN(C)c2ccccc21. The second-order valence-corrected chi connectivity index (χ2v) is 7.67. The third-order valence-electron chi connectivity index (χ3n) is 4.36. The van der Waals surface area contributed by atoms with Crippen molar-refractivity contribution in [2.45, 2.75) is 31.1 Å². The fourth-order valence-electron chi connectivity index (χ4n) is 3.16. The van der Waals surface area contributed by atoms with E-state index in [1.165, 1.54) is 11.3 Å². The van der Waals surface area contributed by atoms with Crippen molar-refractivity contribution in [3.05, 3.63) is 41.3 Å². The van der Waals surface area contributed by atoms with Crippen molar-refractivity contribution in [1.29, 1.82) is 0 Å². The Balaban J connectivity index is 1.81. The van der Waals surface area contributed by atoms with Crippen molar-refractivity contribution >= 4 is 15.7 Å². The standard InChI is InChI=1S/C16H21N3O3S/c1-11-16(12(2)22-18-11)23(20,21)17-10-13-8-9-19(3)15-7-5-4-6-14(13)15/h4-7,13,17H,8-10H2,1-3H3. The predicted octanol–water partition coefficient (Wildman–Crippen LogP) is 2.19. The van der Waals surface area contributed by atoms with Crippen molar-refractivity contribution in [1.82, 2.24) is 9.88 Å². The molecule has 2 heterocycles. The molecule has 3 rings (SSSR count). The predicted molar refractivity (Wildman–Crippen MR) is 88.2 cm³/mol.